The molecule has 0 bridgehead atoms. The van der Waals surface area contributed by atoms with Crippen LogP contribution in [0.1, 0.15) is 6.42 Å². The summed E-state index contributed by atoms with van der Waals surface area (Å²) in [6.45, 7) is 0.228. The topological polar surface area (TPSA) is 76.5 Å². The van der Waals surface area contributed by atoms with Crippen LogP contribution < -0.4 is 15.0 Å². The average Bonchev–Trinajstić information content (AvgIpc) is 3.16. The van der Waals surface area contributed by atoms with Gasteiger partial charge in [-0.1, -0.05) is 24.3 Å². The van der Waals surface area contributed by atoms with Crippen molar-refractivity contribution in [3.63, 3.8) is 0 Å². The first-order chi connectivity index (χ1) is 15.2. The molecular formula is C24H20N4O3. The molecule has 1 aromatic heterocycles. The maximum absolute atomic E-state index is 12.7. The van der Waals surface area contributed by atoms with Gasteiger partial charge in [0, 0.05) is 11.4 Å². The maximum Gasteiger partial charge on any atom is 0.244 e. The fraction of sp³-hybridized carbons (Fsp3) is 0.125. The molecule has 0 aliphatic carbocycles. The molecule has 2 amide bonds. The van der Waals surface area contributed by atoms with Gasteiger partial charge in [-0.2, -0.15) is 0 Å². The molecular weight excluding hydrogens is 392 g/mol. The van der Waals surface area contributed by atoms with Gasteiger partial charge in [-0.15, -0.1) is 0 Å². The van der Waals surface area contributed by atoms with Crippen LogP contribution in [0, 0.1) is 0 Å². The van der Waals surface area contributed by atoms with Gasteiger partial charge in [-0.05, 0) is 48.5 Å². The van der Waals surface area contributed by atoms with Gasteiger partial charge in [0.15, 0.2) is 0 Å². The third kappa shape index (κ3) is 3.73. The van der Waals surface area contributed by atoms with Gasteiger partial charge >= 0.3 is 0 Å². The van der Waals surface area contributed by atoms with Crippen LogP contribution in [0.2, 0.25) is 0 Å². The van der Waals surface area contributed by atoms with Crippen molar-refractivity contribution < 1.29 is 14.3 Å². The van der Waals surface area contributed by atoms with Crippen molar-refractivity contribution >= 4 is 34.2 Å². The number of rotatable bonds is 4. The number of benzene rings is 3. The molecule has 1 N–H and O–H groups in total. The molecule has 0 radical (unpaired) electrons. The van der Waals surface area contributed by atoms with E-state index in [4.69, 9.17) is 4.74 Å². The van der Waals surface area contributed by atoms with Gasteiger partial charge in [0.2, 0.25) is 11.8 Å². The van der Waals surface area contributed by atoms with E-state index in [2.05, 4.69) is 10.3 Å². The smallest absolute Gasteiger partial charge is 0.244 e. The summed E-state index contributed by atoms with van der Waals surface area (Å²) >= 11 is 0. The number of carbonyl (C=O) groups excluding carboxylic acids is 2. The molecule has 31 heavy (non-hydrogen) atoms. The van der Waals surface area contributed by atoms with Crippen LogP contribution in [0.3, 0.4) is 0 Å². The minimum absolute atomic E-state index is 0.0763. The Labute approximate surface area is 178 Å². The zero-order chi connectivity index (χ0) is 21.2. The summed E-state index contributed by atoms with van der Waals surface area (Å²) in [6.07, 6.45) is 2.01. The summed E-state index contributed by atoms with van der Waals surface area (Å²) in [5.41, 5.74) is 4.15. The fourth-order valence-corrected chi connectivity index (χ4v) is 3.71. The quantitative estimate of drug-likeness (QED) is 0.553. The van der Waals surface area contributed by atoms with Crippen LogP contribution in [-0.2, 0) is 9.59 Å². The first-order valence-corrected chi connectivity index (χ1v) is 10.0. The minimum atomic E-state index is -0.272. The number of amides is 2. The zero-order valence-electron chi connectivity index (χ0n) is 16.7. The summed E-state index contributed by atoms with van der Waals surface area (Å²) in [5.74, 6) is 0.200. The number of carbonyl (C=O) groups is 2. The van der Waals surface area contributed by atoms with Crippen molar-refractivity contribution in [3.05, 3.63) is 79.1 Å². The molecule has 0 saturated heterocycles. The van der Waals surface area contributed by atoms with Gasteiger partial charge in [0.25, 0.3) is 0 Å². The van der Waals surface area contributed by atoms with Crippen molar-refractivity contribution in [1.29, 1.82) is 0 Å². The second-order valence-electron chi connectivity index (χ2n) is 7.24. The number of para-hydroxylation sites is 4. The van der Waals surface area contributed by atoms with Gasteiger partial charge in [-0.25, -0.2) is 4.98 Å². The number of ether oxygens (including phenoxy) is 1. The monoisotopic (exact) mass is 412 g/mol. The number of aromatic nitrogens is 2. The number of imidazole rings is 1. The average molecular weight is 412 g/mol. The van der Waals surface area contributed by atoms with E-state index in [9.17, 15) is 9.59 Å². The summed E-state index contributed by atoms with van der Waals surface area (Å²) < 4.78 is 7.62. The highest BCUT2D eigenvalue weighted by molar-refractivity contribution is 6.03. The van der Waals surface area contributed by atoms with E-state index < -0.39 is 0 Å². The predicted molar refractivity (Wildman–Crippen MR) is 119 cm³/mol. The lowest BCUT2D eigenvalue weighted by molar-refractivity contribution is -0.121. The van der Waals surface area contributed by atoms with Gasteiger partial charge < -0.3 is 10.1 Å². The fourth-order valence-electron chi connectivity index (χ4n) is 3.71. The highest BCUT2D eigenvalue weighted by Crippen LogP contribution is 2.30. The second-order valence-corrected chi connectivity index (χ2v) is 7.24. The largest absolute Gasteiger partial charge is 0.491 e. The molecule has 3 aromatic carbocycles. The zero-order valence-corrected chi connectivity index (χ0v) is 16.7. The lowest BCUT2D eigenvalue weighted by Gasteiger charge is -2.21. The standard InChI is InChI=1S/C24H20N4O3/c29-23(15-27-21-7-3-4-8-22(21)31-14-13-24(27)30)26-17-9-11-18(12-10-17)28-16-25-19-5-1-2-6-20(19)28/h1-12,16H,13-15H2,(H,26,29). The first kappa shape index (κ1) is 18.9. The van der Waals surface area contributed by atoms with Gasteiger partial charge in [0.1, 0.15) is 18.6 Å². The minimum Gasteiger partial charge on any atom is -0.491 e. The first-order valence-electron chi connectivity index (χ1n) is 10.0. The summed E-state index contributed by atoms with van der Waals surface area (Å²) in [6, 6.07) is 22.7. The molecule has 7 nitrogen and oxygen atoms in total. The van der Waals surface area contributed by atoms with Gasteiger partial charge in [0.05, 0.1) is 29.7 Å². The highest BCUT2D eigenvalue weighted by atomic mass is 16.5. The molecule has 1 aliphatic rings. The van der Waals surface area contributed by atoms with Gasteiger partial charge in [-0.3, -0.25) is 19.1 Å². The molecule has 0 atom stereocenters. The van der Waals surface area contributed by atoms with E-state index in [0.29, 0.717) is 23.7 Å². The summed E-state index contributed by atoms with van der Waals surface area (Å²) in [5, 5.41) is 2.87. The van der Waals surface area contributed by atoms with Crippen molar-refractivity contribution in [2.75, 3.05) is 23.4 Å². The maximum atomic E-state index is 12.7. The van der Waals surface area contributed by atoms with E-state index in [1.54, 1.807) is 18.5 Å². The van der Waals surface area contributed by atoms with Crippen LogP contribution in [0.25, 0.3) is 16.7 Å². The third-order valence-electron chi connectivity index (χ3n) is 5.22. The summed E-state index contributed by atoms with van der Waals surface area (Å²) in [7, 11) is 0. The number of fused-ring (bicyclic) bond motifs is 2. The van der Waals surface area contributed by atoms with Crippen LogP contribution in [-0.4, -0.2) is 34.5 Å². The molecule has 2 heterocycles. The number of nitrogens with zero attached hydrogens (tertiary/aromatic N) is 3. The normalized spacial score (nSPS) is 13.4. The van der Waals surface area contributed by atoms with E-state index in [-0.39, 0.29) is 24.8 Å². The Morgan fingerprint density at radius 1 is 1.00 bits per heavy atom. The van der Waals surface area contributed by atoms with Crippen molar-refractivity contribution in [3.8, 4) is 11.4 Å². The molecule has 4 aromatic rings. The van der Waals surface area contributed by atoms with Crippen LogP contribution in [0.4, 0.5) is 11.4 Å². The van der Waals surface area contributed by atoms with Crippen molar-refractivity contribution in [2.24, 2.45) is 0 Å². The number of nitrogens with one attached hydrogen (secondary N) is 1. The number of hydrogen-bond acceptors (Lipinski definition) is 4. The molecule has 0 spiro atoms. The van der Waals surface area contributed by atoms with Crippen LogP contribution >= 0.6 is 0 Å². The highest BCUT2D eigenvalue weighted by Gasteiger charge is 2.25. The molecule has 0 saturated carbocycles. The third-order valence-corrected chi connectivity index (χ3v) is 5.22. The molecule has 5 rings (SSSR count). The van der Waals surface area contributed by atoms with E-state index in [1.165, 1.54) is 4.90 Å². The summed E-state index contributed by atoms with van der Waals surface area (Å²) in [4.78, 5) is 31.1. The molecule has 1 aliphatic heterocycles. The Bertz CT molecular complexity index is 1260. The molecule has 7 heteroatoms. The van der Waals surface area contributed by atoms with E-state index in [1.807, 2.05) is 65.2 Å². The Hall–Kier alpha value is -4.13. The van der Waals surface area contributed by atoms with E-state index in [0.717, 1.165) is 16.7 Å². The number of anilines is 2. The Kier molecular flexibility index (Phi) is 4.84. The lowest BCUT2D eigenvalue weighted by atomic mass is 10.2. The van der Waals surface area contributed by atoms with E-state index >= 15 is 0 Å². The Balaban J connectivity index is 1.31. The number of hydrogen-bond donors (Lipinski definition) is 1. The lowest BCUT2D eigenvalue weighted by Crippen LogP contribution is -2.37. The van der Waals surface area contributed by atoms with Crippen LogP contribution in [0.15, 0.2) is 79.1 Å². The van der Waals surface area contributed by atoms with Crippen molar-refractivity contribution in [1.82, 2.24) is 9.55 Å². The Morgan fingerprint density at radius 2 is 1.77 bits per heavy atom. The SMILES string of the molecule is O=C(CN1C(=O)CCOc2ccccc21)Nc1ccc(-n2cnc3ccccc32)cc1. The van der Waals surface area contributed by atoms with Crippen LogP contribution in [0.5, 0.6) is 5.75 Å². The second kappa shape index (κ2) is 7.95. The molecule has 154 valence electrons. The Morgan fingerprint density at radius 3 is 2.65 bits per heavy atom. The van der Waals surface area contributed by atoms with Crippen molar-refractivity contribution in [2.45, 2.75) is 6.42 Å². The predicted octanol–water partition coefficient (Wildman–Crippen LogP) is 3.78. The molecule has 0 unspecified atom stereocenters. The molecule has 0 fully saturated rings.